The van der Waals surface area contributed by atoms with Crippen molar-refractivity contribution in [2.75, 3.05) is 6.61 Å². The second kappa shape index (κ2) is 28.8. The van der Waals surface area contributed by atoms with Gasteiger partial charge in [0, 0.05) is 5.92 Å². The average Bonchev–Trinajstić information content (AvgIpc) is 2.78. The molecule has 198 valence electrons. The minimum atomic E-state index is -4.60. The molecule has 0 rings (SSSR count). The number of hydrogen-bond acceptors (Lipinski definition) is 4. The van der Waals surface area contributed by atoms with Crippen LogP contribution in [-0.4, -0.2) is 19.6 Å². The maximum atomic E-state index is 10.8. The normalized spacial score (nSPS) is 12.8. The molecule has 0 saturated heterocycles. The Hall–Kier alpha value is 1.25. The molecule has 0 radical (unpaired) electrons. The quantitative estimate of drug-likeness (QED) is 0.0438. The summed E-state index contributed by atoms with van der Waals surface area (Å²) in [5, 5.41) is 0. The van der Waals surface area contributed by atoms with E-state index in [0.29, 0.717) is 0 Å². The van der Waals surface area contributed by atoms with Crippen LogP contribution in [0.3, 0.4) is 0 Å². The van der Waals surface area contributed by atoms with Gasteiger partial charge < -0.3 is 4.55 Å². The molecule has 0 amide bonds. The van der Waals surface area contributed by atoms with Crippen molar-refractivity contribution in [3.05, 3.63) is 12.2 Å². The summed E-state index contributed by atoms with van der Waals surface area (Å²) in [6.45, 7) is 4.45. The van der Waals surface area contributed by atoms with E-state index in [1.165, 1.54) is 116 Å². The topological polar surface area (TPSA) is 66.4 Å². The number of rotatable bonds is 26. The molecule has 0 bridgehead atoms. The number of hydrogen-bond donors (Lipinski definition) is 0. The molecular weight excluding hydrogens is 471 g/mol. The van der Waals surface area contributed by atoms with E-state index in [0.717, 1.165) is 25.7 Å². The van der Waals surface area contributed by atoms with Gasteiger partial charge in [0.25, 0.3) is 0 Å². The minimum Gasteiger partial charge on any atom is -0.726 e. The van der Waals surface area contributed by atoms with Crippen LogP contribution in [0.2, 0.25) is 0 Å². The van der Waals surface area contributed by atoms with Crippen molar-refractivity contribution in [3.63, 3.8) is 0 Å². The van der Waals surface area contributed by atoms with Crippen molar-refractivity contribution in [2.24, 2.45) is 5.92 Å². The number of allylic oxidation sites excluding steroid dienone is 1. The Balaban J connectivity index is 0. The van der Waals surface area contributed by atoms with Crippen molar-refractivity contribution in [1.29, 1.82) is 0 Å². The second-order valence-electron chi connectivity index (χ2n) is 9.82. The van der Waals surface area contributed by atoms with Crippen LogP contribution < -0.4 is 51.4 Å². The van der Waals surface area contributed by atoms with Gasteiger partial charge in [0.2, 0.25) is 10.4 Å². The molecule has 0 aromatic rings. The predicted octanol–water partition coefficient (Wildman–Crippen LogP) is 6.26. The summed E-state index contributed by atoms with van der Waals surface area (Å²) >= 11 is 0. The standard InChI is InChI=1S/C28H56O4S.K/c1-3-5-7-9-10-11-12-13-14-15-16-17-18-19-20-22-24-26-28(27-32-33(29,30)31)25-23-21-8-6-4-2;/h24,26,28H,3-23,25,27H2,1-2H3,(H,29,30,31);/q;+1/p-1/b26-24+;. The summed E-state index contributed by atoms with van der Waals surface area (Å²) in [4.78, 5) is 0. The largest absolute Gasteiger partial charge is 1.00 e. The third-order valence-corrected chi connectivity index (χ3v) is 6.91. The van der Waals surface area contributed by atoms with Crippen LogP contribution in [0.4, 0.5) is 0 Å². The van der Waals surface area contributed by atoms with Crippen LogP contribution in [0.25, 0.3) is 0 Å². The molecule has 6 heteroatoms. The van der Waals surface area contributed by atoms with Crippen molar-refractivity contribution in [1.82, 2.24) is 0 Å². The van der Waals surface area contributed by atoms with Crippen molar-refractivity contribution in [2.45, 2.75) is 155 Å². The molecule has 34 heavy (non-hydrogen) atoms. The molecule has 0 aliphatic rings. The van der Waals surface area contributed by atoms with Crippen LogP contribution in [0, 0.1) is 5.92 Å². The van der Waals surface area contributed by atoms with E-state index in [2.05, 4.69) is 30.2 Å². The summed E-state index contributed by atoms with van der Waals surface area (Å²) in [6, 6.07) is 0. The smallest absolute Gasteiger partial charge is 0.726 e. The number of unbranched alkanes of at least 4 members (excludes halogenated alkanes) is 19. The molecule has 0 N–H and O–H groups in total. The van der Waals surface area contributed by atoms with Crippen LogP contribution in [0.15, 0.2) is 12.2 Å². The van der Waals surface area contributed by atoms with Crippen molar-refractivity contribution < 1.29 is 68.5 Å². The zero-order valence-corrected chi connectivity index (χ0v) is 27.0. The van der Waals surface area contributed by atoms with E-state index in [1.807, 2.05) is 0 Å². The Morgan fingerprint density at radius 1 is 0.647 bits per heavy atom. The summed E-state index contributed by atoms with van der Waals surface area (Å²) < 4.78 is 36.9. The monoisotopic (exact) mass is 526 g/mol. The van der Waals surface area contributed by atoms with E-state index in [4.69, 9.17) is 0 Å². The zero-order valence-electron chi connectivity index (χ0n) is 23.0. The molecule has 0 aliphatic carbocycles. The summed E-state index contributed by atoms with van der Waals surface area (Å²) in [6.07, 6.45) is 32.5. The summed E-state index contributed by atoms with van der Waals surface area (Å²) in [5.74, 6) is 0.0201. The van der Waals surface area contributed by atoms with Crippen molar-refractivity contribution >= 4 is 10.4 Å². The maximum absolute atomic E-state index is 10.8. The summed E-state index contributed by atoms with van der Waals surface area (Å²) in [7, 11) is -4.60. The van der Waals surface area contributed by atoms with Gasteiger partial charge >= 0.3 is 51.4 Å². The molecule has 1 atom stereocenters. The summed E-state index contributed by atoms with van der Waals surface area (Å²) in [5.41, 5.74) is 0. The first-order chi connectivity index (χ1) is 16.0. The van der Waals surface area contributed by atoms with Crippen molar-refractivity contribution in [3.8, 4) is 0 Å². The van der Waals surface area contributed by atoms with Gasteiger partial charge in [-0.2, -0.15) is 0 Å². The molecule has 0 saturated carbocycles. The minimum absolute atomic E-state index is 0. The van der Waals surface area contributed by atoms with E-state index in [9.17, 15) is 13.0 Å². The Morgan fingerprint density at radius 3 is 1.44 bits per heavy atom. The molecule has 0 aromatic carbocycles. The molecular formula is C28H55KO4S. The average molecular weight is 527 g/mol. The van der Waals surface area contributed by atoms with Crippen LogP contribution >= 0.6 is 0 Å². The van der Waals surface area contributed by atoms with Gasteiger partial charge in [-0.05, 0) is 19.3 Å². The molecule has 0 spiro atoms. The SMILES string of the molecule is CCCCCCCCCCCCCCCCC/C=C/C(CCCCCCC)COS(=O)(=O)[O-].[K+]. The van der Waals surface area contributed by atoms with Gasteiger partial charge in [0.15, 0.2) is 0 Å². The van der Waals surface area contributed by atoms with Crippen LogP contribution in [0.5, 0.6) is 0 Å². The third-order valence-electron chi connectivity index (χ3n) is 6.49. The Kier molecular flexibility index (Phi) is 31.7. The third kappa shape index (κ3) is 31.3. The molecule has 0 aliphatic heterocycles. The fourth-order valence-corrected chi connectivity index (χ4v) is 4.68. The first kappa shape index (κ1) is 37.4. The van der Waals surface area contributed by atoms with E-state index in [1.54, 1.807) is 0 Å². The van der Waals surface area contributed by atoms with E-state index >= 15 is 0 Å². The molecule has 4 nitrogen and oxygen atoms in total. The van der Waals surface area contributed by atoms with E-state index < -0.39 is 10.4 Å². The second-order valence-corrected chi connectivity index (χ2v) is 10.9. The maximum Gasteiger partial charge on any atom is 1.00 e. The van der Waals surface area contributed by atoms with Gasteiger partial charge in [-0.15, -0.1) is 0 Å². The van der Waals surface area contributed by atoms with Gasteiger partial charge in [-0.25, -0.2) is 8.42 Å². The molecule has 0 heterocycles. The Morgan fingerprint density at radius 2 is 1.03 bits per heavy atom. The van der Waals surface area contributed by atoms with Gasteiger partial charge in [-0.1, -0.05) is 148 Å². The Bertz CT molecular complexity index is 522. The fraction of sp³-hybridized carbons (Fsp3) is 0.929. The van der Waals surface area contributed by atoms with Gasteiger partial charge in [0.05, 0.1) is 6.61 Å². The first-order valence-corrected chi connectivity index (χ1v) is 15.6. The van der Waals surface area contributed by atoms with Gasteiger partial charge in [-0.3, -0.25) is 4.18 Å². The van der Waals surface area contributed by atoms with Gasteiger partial charge in [0.1, 0.15) is 0 Å². The predicted molar refractivity (Wildman–Crippen MR) is 141 cm³/mol. The molecule has 0 fully saturated rings. The fourth-order valence-electron chi connectivity index (χ4n) is 4.34. The molecule has 0 aromatic heterocycles. The van der Waals surface area contributed by atoms with Crippen LogP contribution in [0.1, 0.15) is 155 Å². The van der Waals surface area contributed by atoms with E-state index in [-0.39, 0.29) is 63.9 Å². The zero-order chi connectivity index (χ0) is 24.5. The van der Waals surface area contributed by atoms with Crippen LogP contribution in [-0.2, 0) is 14.6 Å². The Labute approximate surface area is 256 Å². The molecule has 1 unspecified atom stereocenters. The first-order valence-electron chi connectivity index (χ1n) is 14.3.